The molecule has 1 unspecified atom stereocenters. The van der Waals surface area contributed by atoms with Crippen LogP contribution in [-0.2, 0) is 10.0 Å². The summed E-state index contributed by atoms with van der Waals surface area (Å²) in [6, 6.07) is 8.18. The van der Waals surface area contributed by atoms with Crippen LogP contribution in [0.4, 0.5) is 0 Å². The lowest BCUT2D eigenvalue weighted by atomic mass is 9.90. The number of nitrogens with zero attached hydrogens (tertiary/aromatic N) is 2. The lowest BCUT2D eigenvalue weighted by Crippen LogP contribution is -2.45. The molecule has 0 saturated heterocycles. The summed E-state index contributed by atoms with van der Waals surface area (Å²) in [4.78, 5) is 4.64. The Hall–Kier alpha value is -1.80. The van der Waals surface area contributed by atoms with Crippen molar-refractivity contribution in [1.82, 2.24) is 14.9 Å². The molecule has 0 bridgehead atoms. The van der Waals surface area contributed by atoms with Crippen LogP contribution >= 0.6 is 0 Å². The molecule has 2 rings (SSSR count). The van der Waals surface area contributed by atoms with Gasteiger partial charge in [-0.25, -0.2) is 12.7 Å². The molecular weight excluding hydrogens is 376 g/mol. The first-order valence-electron chi connectivity index (χ1n) is 9.95. The Balaban J connectivity index is 2.03. The van der Waals surface area contributed by atoms with Gasteiger partial charge < -0.3 is 15.4 Å². The van der Waals surface area contributed by atoms with Crippen LogP contribution in [0.5, 0.6) is 5.75 Å². The lowest BCUT2D eigenvalue weighted by molar-refractivity contribution is 0.0694. The number of sulfonamides is 1. The quantitative estimate of drug-likeness (QED) is 0.391. The molecule has 158 valence electrons. The van der Waals surface area contributed by atoms with Crippen LogP contribution in [0.15, 0.2) is 29.3 Å². The molecule has 0 saturated carbocycles. The van der Waals surface area contributed by atoms with E-state index in [0.717, 1.165) is 30.2 Å². The third-order valence-corrected chi connectivity index (χ3v) is 6.63. The first kappa shape index (κ1) is 22.5. The summed E-state index contributed by atoms with van der Waals surface area (Å²) in [6.45, 7) is 9.63. The van der Waals surface area contributed by atoms with Crippen molar-refractivity contribution < 1.29 is 13.2 Å². The van der Waals surface area contributed by atoms with Gasteiger partial charge >= 0.3 is 0 Å². The van der Waals surface area contributed by atoms with Gasteiger partial charge in [-0.2, -0.15) is 0 Å². The Labute approximate surface area is 169 Å². The summed E-state index contributed by atoms with van der Waals surface area (Å²) in [7, 11) is -1.52. The van der Waals surface area contributed by atoms with Crippen molar-refractivity contribution in [2.75, 3.05) is 32.4 Å². The minimum Gasteiger partial charge on any atom is -0.487 e. The standard InChI is InChI=1S/C20H34N4O3S/c1-6-21-19(22-13-10-14-24(5)28(25,26)7-2)23-17-15-20(3,4)27-18-12-9-8-11-16(17)18/h8-9,11-12,17H,6-7,10,13-15H2,1-5H3,(H2,21,22,23). The first-order valence-corrected chi connectivity index (χ1v) is 11.6. The van der Waals surface area contributed by atoms with E-state index >= 15 is 0 Å². The Bertz CT molecular complexity index is 777. The number of aliphatic imine (C=N–C) groups is 1. The molecule has 0 aromatic heterocycles. The van der Waals surface area contributed by atoms with Crippen molar-refractivity contribution in [3.63, 3.8) is 0 Å². The predicted octanol–water partition coefficient (Wildman–Crippen LogP) is 2.52. The van der Waals surface area contributed by atoms with Gasteiger partial charge in [-0.1, -0.05) is 18.2 Å². The number of rotatable bonds is 8. The molecule has 1 aromatic carbocycles. The van der Waals surface area contributed by atoms with E-state index in [1.54, 1.807) is 14.0 Å². The van der Waals surface area contributed by atoms with Crippen LogP contribution in [0.25, 0.3) is 0 Å². The normalized spacial score (nSPS) is 19.1. The van der Waals surface area contributed by atoms with Gasteiger partial charge in [0, 0.05) is 38.7 Å². The number of ether oxygens (including phenoxy) is 1. The molecule has 0 spiro atoms. The van der Waals surface area contributed by atoms with E-state index in [-0.39, 0.29) is 17.4 Å². The van der Waals surface area contributed by atoms with Crippen LogP contribution in [0.2, 0.25) is 0 Å². The maximum Gasteiger partial charge on any atom is 0.213 e. The van der Waals surface area contributed by atoms with E-state index in [0.29, 0.717) is 19.5 Å². The number of benzene rings is 1. The van der Waals surface area contributed by atoms with E-state index in [9.17, 15) is 8.42 Å². The second-order valence-electron chi connectivity index (χ2n) is 7.64. The number of para-hydroxylation sites is 1. The molecule has 0 aliphatic carbocycles. The molecular formula is C20H34N4O3S. The average molecular weight is 411 g/mol. The number of hydrogen-bond donors (Lipinski definition) is 2. The van der Waals surface area contributed by atoms with Crippen molar-refractivity contribution in [1.29, 1.82) is 0 Å². The van der Waals surface area contributed by atoms with Crippen LogP contribution in [0.3, 0.4) is 0 Å². The lowest BCUT2D eigenvalue weighted by Gasteiger charge is -2.38. The number of nitrogens with one attached hydrogen (secondary N) is 2. The second-order valence-corrected chi connectivity index (χ2v) is 10.0. The molecule has 0 radical (unpaired) electrons. The molecule has 1 atom stereocenters. The molecule has 0 amide bonds. The molecule has 2 N–H and O–H groups in total. The van der Waals surface area contributed by atoms with Crippen molar-refractivity contribution >= 4 is 16.0 Å². The second kappa shape index (κ2) is 9.60. The summed E-state index contributed by atoms with van der Waals surface area (Å²) >= 11 is 0. The Kier molecular flexibility index (Phi) is 7.71. The smallest absolute Gasteiger partial charge is 0.213 e. The van der Waals surface area contributed by atoms with Gasteiger partial charge in [0.25, 0.3) is 0 Å². The van der Waals surface area contributed by atoms with Gasteiger partial charge in [-0.15, -0.1) is 0 Å². The third-order valence-electron chi connectivity index (χ3n) is 4.77. The van der Waals surface area contributed by atoms with Crippen molar-refractivity contribution in [3.8, 4) is 5.75 Å². The number of fused-ring (bicyclic) bond motifs is 1. The molecule has 1 aromatic rings. The topological polar surface area (TPSA) is 83.0 Å². The number of guanidine groups is 1. The fourth-order valence-electron chi connectivity index (χ4n) is 3.26. The fourth-order valence-corrected chi connectivity index (χ4v) is 4.11. The Morgan fingerprint density at radius 1 is 1.32 bits per heavy atom. The minimum atomic E-state index is -3.14. The first-order chi connectivity index (χ1) is 13.2. The highest BCUT2D eigenvalue weighted by atomic mass is 32.2. The molecule has 0 fully saturated rings. The van der Waals surface area contributed by atoms with E-state index < -0.39 is 10.0 Å². The zero-order chi connectivity index (χ0) is 20.8. The SMILES string of the molecule is CCNC(=NCCCN(C)S(=O)(=O)CC)NC1CC(C)(C)Oc2ccccc21. The van der Waals surface area contributed by atoms with Gasteiger partial charge in [0.2, 0.25) is 10.0 Å². The van der Waals surface area contributed by atoms with Gasteiger partial charge in [-0.3, -0.25) is 4.99 Å². The maximum atomic E-state index is 11.8. The van der Waals surface area contributed by atoms with Gasteiger partial charge in [0.15, 0.2) is 5.96 Å². The Morgan fingerprint density at radius 3 is 2.71 bits per heavy atom. The predicted molar refractivity (Wildman–Crippen MR) is 114 cm³/mol. The van der Waals surface area contributed by atoms with E-state index in [4.69, 9.17) is 4.74 Å². The highest BCUT2D eigenvalue weighted by Gasteiger charge is 2.33. The largest absolute Gasteiger partial charge is 0.487 e. The summed E-state index contributed by atoms with van der Waals surface area (Å²) < 4.78 is 31.1. The summed E-state index contributed by atoms with van der Waals surface area (Å²) in [5, 5.41) is 6.81. The Morgan fingerprint density at radius 2 is 2.04 bits per heavy atom. The molecule has 1 heterocycles. The van der Waals surface area contributed by atoms with Gasteiger partial charge in [0.1, 0.15) is 11.4 Å². The van der Waals surface area contributed by atoms with E-state index in [1.807, 2.05) is 25.1 Å². The molecule has 1 aliphatic rings. The van der Waals surface area contributed by atoms with E-state index in [1.165, 1.54) is 4.31 Å². The summed E-state index contributed by atoms with van der Waals surface area (Å²) in [5.74, 6) is 1.76. The van der Waals surface area contributed by atoms with Gasteiger partial charge in [0.05, 0.1) is 11.8 Å². The number of hydrogen-bond acceptors (Lipinski definition) is 4. The van der Waals surface area contributed by atoms with Crippen molar-refractivity contribution in [2.24, 2.45) is 4.99 Å². The summed E-state index contributed by atoms with van der Waals surface area (Å²) in [6.07, 6.45) is 1.49. The molecule has 1 aliphatic heterocycles. The van der Waals surface area contributed by atoms with Crippen molar-refractivity contribution in [3.05, 3.63) is 29.8 Å². The van der Waals surface area contributed by atoms with Crippen LogP contribution < -0.4 is 15.4 Å². The highest BCUT2D eigenvalue weighted by molar-refractivity contribution is 7.89. The van der Waals surface area contributed by atoms with Gasteiger partial charge in [-0.05, 0) is 40.2 Å². The van der Waals surface area contributed by atoms with Crippen LogP contribution in [0, 0.1) is 0 Å². The zero-order valence-corrected chi connectivity index (χ0v) is 18.5. The molecule has 28 heavy (non-hydrogen) atoms. The van der Waals surface area contributed by atoms with Crippen molar-refractivity contribution in [2.45, 2.75) is 52.2 Å². The van der Waals surface area contributed by atoms with Crippen LogP contribution in [0.1, 0.15) is 52.1 Å². The fraction of sp³-hybridized carbons (Fsp3) is 0.650. The molecule has 7 nitrogen and oxygen atoms in total. The third kappa shape index (κ3) is 6.10. The van der Waals surface area contributed by atoms with E-state index in [2.05, 4.69) is 35.5 Å². The maximum absolute atomic E-state index is 11.8. The highest BCUT2D eigenvalue weighted by Crippen LogP contribution is 2.39. The zero-order valence-electron chi connectivity index (χ0n) is 17.7. The molecule has 8 heteroatoms. The monoisotopic (exact) mass is 410 g/mol. The summed E-state index contributed by atoms with van der Waals surface area (Å²) in [5.41, 5.74) is 0.863. The van der Waals surface area contributed by atoms with Crippen LogP contribution in [-0.4, -0.2) is 56.7 Å². The minimum absolute atomic E-state index is 0.0980. The average Bonchev–Trinajstić information content (AvgIpc) is 2.64.